The van der Waals surface area contributed by atoms with Gasteiger partial charge in [0.1, 0.15) is 0 Å². The number of rotatable bonds is 5. The quantitative estimate of drug-likeness (QED) is 0.771. The van der Waals surface area contributed by atoms with Crippen molar-refractivity contribution in [3.8, 4) is 0 Å². The highest BCUT2D eigenvalue weighted by atomic mass is 28.4. The third-order valence-electron chi connectivity index (χ3n) is 2.63. The minimum absolute atomic E-state index is 0.655. The largest absolute Gasteiger partial charge is 0.412 e. The lowest BCUT2D eigenvalue weighted by Gasteiger charge is -2.17. The van der Waals surface area contributed by atoms with Crippen molar-refractivity contribution < 1.29 is 4.43 Å². The summed E-state index contributed by atoms with van der Waals surface area (Å²) in [6.45, 7) is 8.06. The van der Waals surface area contributed by atoms with Crippen molar-refractivity contribution in [1.82, 2.24) is 9.78 Å². The Hall–Kier alpha value is -1.39. The molecule has 1 heterocycles. The highest BCUT2D eigenvalue weighted by Gasteiger charge is 2.15. The zero-order valence-corrected chi connectivity index (χ0v) is 12.3. The Morgan fingerprint density at radius 1 is 1.11 bits per heavy atom. The van der Waals surface area contributed by atoms with Crippen LogP contribution in [0.2, 0.25) is 19.6 Å². The smallest absolute Gasteiger partial charge is 0.184 e. The third kappa shape index (κ3) is 3.82. The van der Waals surface area contributed by atoms with Crippen LogP contribution in [-0.4, -0.2) is 18.1 Å². The lowest BCUT2D eigenvalue weighted by Crippen LogP contribution is -2.25. The molecule has 0 aliphatic heterocycles. The molecule has 0 aliphatic rings. The number of hydrogen-bond acceptors (Lipinski definition) is 2. The second-order valence-electron chi connectivity index (χ2n) is 5.37. The van der Waals surface area contributed by atoms with E-state index in [1.165, 1.54) is 5.56 Å². The summed E-state index contributed by atoms with van der Waals surface area (Å²) in [6.07, 6.45) is 1.84. The van der Waals surface area contributed by atoms with Gasteiger partial charge in [-0.25, -0.2) is 0 Å². The Kier molecular flexibility index (Phi) is 3.99. The van der Waals surface area contributed by atoms with Gasteiger partial charge in [-0.1, -0.05) is 30.3 Å². The number of benzene rings is 1. The molecule has 0 saturated carbocycles. The Labute approximate surface area is 110 Å². The van der Waals surface area contributed by atoms with Crippen molar-refractivity contribution in [2.75, 3.05) is 0 Å². The molecular weight excluding hydrogens is 240 g/mol. The molecule has 3 nitrogen and oxygen atoms in total. The third-order valence-corrected chi connectivity index (χ3v) is 3.64. The molecule has 4 heteroatoms. The van der Waals surface area contributed by atoms with Gasteiger partial charge in [0.2, 0.25) is 0 Å². The van der Waals surface area contributed by atoms with Crippen molar-refractivity contribution in [2.24, 2.45) is 0 Å². The monoisotopic (exact) mass is 260 g/mol. The molecule has 1 aromatic heterocycles. The number of hydrogen-bond donors (Lipinski definition) is 0. The van der Waals surface area contributed by atoms with E-state index in [4.69, 9.17) is 4.43 Å². The first-order chi connectivity index (χ1) is 8.54. The predicted molar refractivity (Wildman–Crippen MR) is 75.9 cm³/mol. The fourth-order valence-corrected chi connectivity index (χ4v) is 2.25. The highest BCUT2D eigenvalue weighted by molar-refractivity contribution is 6.69. The molecule has 0 unspecified atom stereocenters. The fraction of sp³-hybridized carbons (Fsp3) is 0.357. The molecule has 0 spiro atoms. The Bertz CT molecular complexity index is 488. The maximum absolute atomic E-state index is 5.93. The molecule has 0 N–H and O–H groups in total. The average Bonchev–Trinajstić information content (AvgIpc) is 2.74. The molecule has 0 radical (unpaired) electrons. The van der Waals surface area contributed by atoms with E-state index >= 15 is 0 Å². The van der Waals surface area contributed by atoms with Crippen LogP contribution in [0.1, 0.15) is 11.3 Å². The standard InChI is InChI=1S/C14H20N2OSi/c1-18(2,3)17-12-14-9-10-15-16(14)11-13-7-5-4-6-8-13/h4-10H,11-12H2,1-3H3. The van der Waals surface area contributed by atoms with Crippen LogP contribution in [0.3, 0.4) is 0 Å². The lowest BCUT2D eigenvalue weighted by molar-refractivity contribution is 0.286. The van der Waals surface area contributed by atoms with Crippen LogP contribution < -0.4 is 0 Å². The van der Waals surface area contributed by atoms with Crippen molar-refractivity contribution in [3.05, 3.63) is 53.9 Å². The van der Waals surface area contributed by atoms with Gasteiger partial charge in [-0.05, 0) is 31.3 Å². The second-order valence-corrected chi connectivity index (χ2v) is 9.88. The minimum atomic E-state index is -1.47. The first-order valence-electron chi connectivity index (χ1n) is 6.23. The molecule has 96 valence electrons. The van der Waals surface area contributed by atoms with Crippen LogP contribution in [0.4, 0.5) is 0 Å². The van der Waals surface area contributed by atoms with E-state index in [0.717, 1.165) is 12.2 Å². The molecular formula is C14H20N2OSi. The zero-order chi connectivity index (χ0) is 13.0. The Balaban J connectivity index is 2.04. The van der Waals surface area contributed by atoms with Gasteiger partial charge in [0.05, 0.1) is 18.8 Å². The number of aromatic nitrogens is 2. The molecule has 0 saturated heterocycles. The van der Waals surface area contributed by atoms with Crippen molar-refractivity contribution in [3.63, 3.8) is 0 Å². The molecule has 0 atom stereocenters. The van der Waals surface area contributed by atoms with E-state index in [1.54, 1.807) is 0 Å². The van der Waals surface area contributed by atoms with Gasteiger partial charge in [-0.15, -0.1) is 0 Å². The van der Waals surface area contributed by atoms with E-state index in [2.05, 4.69) is 49.0 Å². The van der Waals surface area contributed by atoms with E-state index < -0.39 is 8.32 Å². The van der Waals surface area contributed by atoms with Crippen LogP contribution in [0.15, 0.2) is 42.6 Å². The summed E-state index contributed by atoms with van der Waals surface area (Å²) in [7, 11) is -1.47. The second kappa shape index (κ2) is 5.50. The summed E-state index contributed by atoms with van der Waals surface area (Å²) in [4.78, 5) is 0. The molecule has 2 rings (SSSR count). The van der Waals surface area contributed by atoms with Crippen LogP contribution in [-0.2, 0) is 17.6 Å². The Morgan fingerprint density at radius 3 is 2.50 bits per heavy atom. The van der Waals surface area contributed by atoms with Crippen molar-refractivity contribution >= 4 is 8.32 Å². The predicted octanol–water partition coefficient (Wildman–Crippen LogP) is 3.28. The van der Waals surface area contributed by atoms with Crippen LogP contribution in [0, 0.1) is 0 Å². The van der Waals surface area contributed by atoms with Crippen LogP contribution >= 0.6 is 0 Å². The van der Waals surface area contributed by atoms with Gasteiger partial charge in [-0.2, -0.15) is 5.10 Å². The van der Waals surface area contributed by atoms with Crippen LogP contribution in [0.25, 0.3) is 0 Å². The highest BCUT2D eigenvalue weighted by Crippen LogP contribution is 2.10. The van der Waals surface area contributed by atoms with Gasteiger partial charge in [0.25, 0.3) is 0 Å². The van der Waals surface area contributed by atoms with E-state index in [-0.39, 0.29) is 0 Å². The SMILES string of the molecule is C[Si](C)(C)OCc1ccnn1Cc1ccccc1. The van der Waals surface area contributed by atoms with Gasteiger partial charge in [0, 0.05) is 6.20 Å². The van der Waals surface area contributed by atoms with Gasteiger partial charge in [0.15, 0.2) is 8.32 Å². The van der Waals surface area contributed by atoms with E-state index in [9.17, 15) is 0 Å². The lowest BCUT2D eigenvalue weighted by atomic mass is 10.2. The van der Waals surface area contributed by atoms with Crippen molar-refractivity contribution in [2.45, 2.75) is 32.8 Å². The van der Waals surface area contributed by atoms with Gasteiger partial charge in [-0.3, -0.25) is 4.68 Å². The first-order valence-corrected chi connectivity index (χ1v) is 9.64. The Morgan fingerprint density at radius 2 is 1.83 bits per heavy atom. The van der Waals surface area contributed by atoms with Crippen LogP contribution in [0.5, 0.6) is 0 Å². The summed E-state index contributed by atoms with van der Waals surface area (Å²) in [5, 5.41) is 4.36. The molecule has 0 amide bonds. The summed E-state index contributed by atoms with van der Waals surface area (Å²) >= 11 is 0. The summed E-state index contributed by atoms with van der Waals surface area (Å²) < 4.78 is 7.94. The van der Waals surface area contributed by atoms with E-state index in [0.29, 0.717) is 6.61 Å². The molecule has 0 aliphatic carbocycles. The number of nitrogens with zero attached hydrogens (tertiary/aromatic N) is 2. The molecule has 0 fully saturated rings. The maximum atomic E-state index is 5.93. The summed E-state index contributed by atoms with van der Waals surface area (Å²) in [6, 6.07) is 12.4. The van der Waals surface area contributed by atoms with Gasteiger partial charge >= 0.3 is 0 Å². The molecule has 0 bridgehead atoms. The zero-order valence-electron chi connectivity index (χ0n) is 11.3. The summed E-state index contributed by atoms with van der Waals surface area (Å²) in [5.41, 5.74) is 2.40. The normalized spacial score (nSPS) is 11.7. The van der Waals surface area contributed by atoms with Crippen molar-refractivity contribution in [1.29, 1.82) is 0 Å². The minimum Gasteiger partial charge on any atom is -0.412 e. The van der Waals surface area contributed by atoms with E-state index in [1.807, 2.05) is 23.0 Å². The average molecular weight is 260 g/mol. The molecule has 1 aromatic carbocycles. The first kappa shape index (κ1) is 13.0. The van der Waals surface area contributed by atoms with Gasteiger partial charge < -0.3 is 4.43 Å². The fourth-order valence-electron chi connectivity index (χ4n) is 1.67. The maximum Gasteiger partial charge on any atom is 0.184 e. The molecule has 18 heavy (non-hydrogen) atoms. The topological polar surface area (TPSA) is 27.1 Å². The summed E-state index contributed by atoms with van der Waals surface area (Å²) in [5.74, 6) is 0. The molecule has 2 aromatic rings.